The molecule has 0 fully saturated rings. The van der Waals surface area contributed by atoms with Gasteiger partial charge >= 0.3 is 0 Å². The standard InChI is InChI=1S/C12H16FN3O/c1-12(7-17-5-4-11(15)16-12)9-6-8(14)2-3-10(9)13/h2-3,6H,4-5,7,14H2,1H3,(H2,15,16)/t12-/m0/s1. The van der Waals surface area contributed by atoms with Crippen molar-refractivity contribution >= 4 is 11.5 Å². The van der Waals surface area contributed by atoms with Crippen LogP contribution in [0.4, 0.5) is 10.1 Å². The number of nitrogens with zero attached hydrogens (tertiary/aromatic N) is 1. The Hall–Kier alpha value is -1.62. The Kier molecular flexibility index (Phi) is 3.02. The van der Waals surface area contributed by atoms with Crippen LogP contribution in [-0.2, 0) is 10.3 Å². The number of benzene rings is 1. The van der Waals surface area contributed by atoms with Crippen LogP contribution in [0.25, 0.3) is 0 Å². The third kappa shape index (κ3) is 2.39. The van der Waals surface area contributed by atoms with Gasteiger partial charge in [0.05, 0.1) is 19.0 Å². The molecule has 2 rings (SSSR count). The third-order valence-electron chi connectivity index (χ3n) is 2.85. The van der Waals surface area contributed by atoms with Gasteiger partial charge in [0.15, 0.2) is 0 Å². The van der Waals surface area contributed by atoms with Gasteiger partial charge in [-0.25, -0.2) is 4.39 Å². The molecule has 1 aliphatic rings. The molecule has 17 heavy (non-hydrogen) atoms. The van der Waals surface area contributed by atoms with E-state index in [0.29, 0.717) is 36.7 Å². The number of hydrogen-bond acceptors (Lipinski definition) is 4. The number of aliphatic imine (C=N–C) groups is 1. The molecule has 0 unspecified atom stereocenters. The van der Waals surface area contributed by atoms with Crippen molar-refractivity contribution in [1.82, 2.24) is 0 Å². The molecule has 1 aromatic rings. The van der Waals surface area contributed by atoms with Crippen LogP contribution in [0.5, 0.6) is 0 Å². The van der Waals surface area contributed by atoms with Crippen molar-refractivity contribution in [3.8, 4) is 0 Å². The molecular weight excluding hydrogens is 221 g/mol. The molecule has 0 amide bonds. The van der Waals surface area contributed by atoms with Crippen LogP contribution in [0.1, 0.15) is 18.9 Å². The fourth-order valence-electron chi connectivity index (χ4n) is 1.95. The lowest BCUT2D eigenvalue weighted by Crippen LogP contribution is -2.28. The highest BCUT2D eigenvalue weighted by molar-refractivity contribution is 5.81. The van der Waals surface area contributed by atoms with Crippen molar-refractivity contribution in [2.24, 2.45) is 10.7 Å². The molecule has 4 nitrogen and oxygen atoms in total. The maximum Gasteiger partial charge on any atom is 0.129 e. The van der Waals surface area contributed by atoms with Gasteiger partial charge in [-0.05, 0) is 25.1 Å². The van der Waals surface area contributed by atoms with E-state index in [-0.39, 0.29) is 5.82 Å². The lowest BCUT2D eigenvalue weighted by Gasteiger charge is -2.25. The van der Waals surface area contributed by atoms with Gasteiger partial charge < -0.3 is 16.2 Å². The van der Waals surface area contributed by atoms with E-state index in [4.69, 9.17) is 16.2 Å². The molecule has 0 aliphatic carbocycles. The van der Waals surface area contributed by atoms with E-state index < -0.39 is 5.54 Å². The zero-order chi connectivity index (χ0) is 12.5. The first-order valence-corrected chi connectivity index (χ1v) is 5.49. The first kappa shape index (κ1) is 11.9. The van der Waals surface area contributed by atoms with Gasteiger partial charge in [0, 0.05) is 17.7 Å². The normalized spacial score (nSPS) is 25.2. The number of ether oxygens (including phenoxy) is 1. The largest absolute Gasteiger partial charge is 0.399 e. The second-order valence-electron chi connectivity index (χ2n) is 4.42. The predicted molar refractivity (Wildman–Crippen MR) is 65.2 cm³/mol. The molecule has 0 radical (unpaired) electrons. The fourth-order valence-corrected chi connectivity index (χ4v) is 1.95. The smallest absolute Gasteiger partial charge is 0.129 e. The second kappa shape index (κ2) is 4.33. The first-order valence-electron chi connectivity index (χ1n) is 5.49. The summed E-state index contributed by atoms with van der Waals surface area (Å²) in [4.78, 5) is 4.35. The second-order valence-corrected chi connectivity index (χ2v) is 4.42. The highest BCUT2D eigenvalue weighted by Crippen LogP contribution is 2.31. The Morgan fingerprint density at radius 3 is 2.94 bits per heavy atom. The van der Waals surface area contributed by atoms with Crippen LogP contribution >= 0.6 is 0 Å². The summed E-state index contributed by atoms with van der Waals surface area (Å²) >= 11 is 0. The number of amidine groups is 1. The summed E-state index contributed by atoms with van der Waals surface area (Å²) in [6.45, 7) is 2.60. The monoisotopic (exact) mass is 237 g/mol. The summed E-state index contributed by atoms with van der Waals surface area (Å²) in [7, 11) is 0. The fraction of sp³-hybridized carbons (Fsp3) is 0.417. The van der Waals surface area contributed by atoms with Crippen LogP contribution < -0.4 is 11.5 Å². The Morgan fingerprint density at radius 1 is 1.41 bits per heavy atom. The van der Waals surface area contributed by atoms with Gasteiger partial charge in [-0.1, -0.05) is 0 Å². The van der Waals surface area contributed by atoms with E-state index in [9.17, 15) is 4.39 Å². The number of rotatable bonds is 1. The van der Waals surface area contributed by atoms with Crippen LogP contribution in [0.3, 0.4) is 0 Å². The van der Waals surface area contributed by atoms with Crippen LogP contribution in [0, 0.1) is 5.82 Å². The van der Waals surface area contributed by atoms with Crippen molar-refractivity contribution in [1.29, 1.82) is 0 Å². The minimum Gasteiger partial charge on any atom is -0.399 e. The lowest BCUT2D eigenvalue weighted by molar-refractivity contribution is 0.102. The van der Waals surface area contributed by atoms with Crippen molar-refractivity contribution in [3.63, 3.8) is 0 Å². The Morgan fingerprint density at radius 2 is 2.18 bits per heavy atom. The molecule has 0 saturated carbocycles. The van der Waals surface area contributed by atoms with E-state index in [1.54, 1.807) is 13.0 Å². The van der Waals surface area contributed by atoms with E-state index in [1.807, 2.05) is 0 Å². The molecule has 5 heteroatoms. The number of nitrogen functional groups attached to an aromatic ring is 1. The average Bonchev–Trinajstić information content (AvgIpc) is 2.44. The predicted octanol–water partition coefficient (Wildman–Crippen LogP) is 1.40. The molecule has 1 aromatic carbocycles. The molecule has 0 spiro atoms. The lowest BCUT2D eigenvalue weighted by atomic mass is 9.92. The first-order chi connectivity index (χ1) is 8.01. The van der Waals surface area contributed by atoms with Gasteiger partial charge in [-0.2, -0.15) is 0 Å². The molecule has 0 bridgehead atoms. The molecule has 4 N–H and O–H groups in total. The van der Waals surface area contributed by atoms with Gasteiger partial charge in [0.25, 0.3) is 0 Å². The third-order valence-corrected chi connectivity index (χ3v) is 2.85. The Labute approximate surface area is 99.5 Å². The minimum absolute atomic E-state index is 0.300. The van der Waals surface area contributed by atoms with Crippen molar-refractivity contribution in [2.75, 3.05) is 18.9 Å². The molecule has 1 heterocycles. The summed E-state index contributed by atoms with van der Waals surface area (Å²) < 4.78 is 19.3. The van der Waals surface area contributed by atoms with E-state index in [0.717, 1.165) is 0 Å². The van der Waals surface area contributed by atoms with Crippen molar-refractivity contribution < 1.29 is 9.13 Å². The zero-order valence-corrected chi connectivity index (χ0v) is 9.74. The Bertz CT molecular complexity index is 461. The van der Waals surface area contributed by atoms with Gasteiger partial charge in [-0.15, -0.1) is 0 Å². The number of nitrogens with two attached hydrogens (primary N) is 2. The van der Waals surface area contributed by atoms with Crippen LogP contribution in [0.15, 0.2) is 23.2 Å². The topological polar surface area (TPSA) is 73.6 Å². The number of halogens is 1. The van der Waals surface area contributed by atoms with Gasteiger partial charge in [0.1, 0.15) is 11.4 Å². The van der Waals surface area contributed by atoms with Gasteiger partial charge in [-0.3, -0.25) is 4.99 Å². The van der Waals surface area contributed by atoms with Crippen LogP contribution in [-0.4, -0.2) is 19.0 Å². The Balaban J connectivity index is 2.49. The van der Waals surface area contributed by atoms with E-state index in [1.165, 1.54) is 12.1 Å². The summed E-state index contributed by atoms with van der Waals surface area (Å²) in [5.74, 6) is 0.135. The average molecular weight is 237 g/mol. The summed E-state index contributed by atoms with van der Waals surface area (Å²) in [5, 5.41) is 0. The molecule has 1 aliphatic heterocycles. The van der Waals surface area contributed by atoms with Crippen molar-refractivity contribution in [2.45, 2.75) is 18.9 Å². The van der Waals surface area contributed by atoms with E-state index >= 15 is 0 Å². The molecule has 1 atom stereocenters. The number of hydrogen-bond donors (Lipinski definition) is 2. The summed E-state index contributed by atoms with van der Waals surface area (Å²) in [6.07, 6.45) is 0.569. The number of anilines is 1. The summed E-state index contributed by atoms with van der Waals surface area (Å²) in [5.41, 5.74) is 11.5. The van der Waals surface area contributed by atoms with Crippen molar-refractivity contribution in [3.05, 3.63) is 29.6 Å². The summed E-state index contributed by atoms with van der Waals surface area (Å²) in [6, 6.07) is 4.44. The van der Waals surface area contributed by atoms with Crippen LogP contribution in [0.2, 0.25) is 0 Å². The quantitative estimate of drug-likeness (QED) is 0.725. The molecular formula is C12H16FN3O. The molecule has 92 valence electrons. The minimum atomic E-state index is -0.806. The highest BCUT2D eigenvalue weighted by atomic mass is 19.1. The van der Waals surface area contributed by atoms with E-state index in [2.05, 4.69) is 4.99 Å². The molecule has 0 aromatic heterocycles. The maximum absolute atomic E-state index is 13.8. The highest BCUT2D eigenvalue weighted by Gasteiger charge is 2.31. The SMILES string of the molecule is C[C@@]1(c2cc(N)ccc2F)COCCC(N)=N1. The molecule has 0 saturated heterocycles. The maximum atomic E-state index is 13.8. The van der Waals surface area contributed by atoms with Gasteiger partial charge in [0.2, 0.25) is 0 Å². The zero-order valence-electron chi connectivity index (χ0n) is 9.74.